The summed E-state index contributed by atoms with van der Waals surface area (Å²) < 4.78 is 12.9. The zero-order chi connectivity index (χ0) is 36.3. The molecule has 0 saturated heterocycles. The Hall–Kier alpha value is -7.36. The van der Waals surface area contributed by atoms with Crippen LogP contribution in [0, 0.1) is 0 Å². The van der Waals surface area contributed by atoms with Crippen LogP contribution in [0.4, 0.5) is 17.1 Å². The molecule has 3 heteroatoms. The van der Waals surface area contributed by atoms with Gasteiger partial charge in [0.15, 0.2) is 0 Å². The van der Waals surface area contributed by atoms with Crippen LogP contribution in [0.2, 0.25) is 0 Å². The van der Waals surface area contributed by atoms with Crippen LogP contribution < -0.4 is 4.90 Å². The Balaban J connectivity index is 1.18. The molecule has 11 aromatic rings. The average molecular weight is 704 g/mol. The molecule has 0 saturated carbocycles. The third-order valence-corrected chi connectivity index (χ3v) is 10.9. The van der Waals surface area contributed by atoms with E-state index in [-0.39, 0.29) is 0 Å². The fourth-order valence-corrected chi connectivity index (χ4v) is 8.29. The number of nitrogens with zero attached hydrogens (tertiary/aromatic N) is 1. The van der Waals surface area contributed by atoms with Gasteiger partial charge in [-0.2, -0.15) is 0 Å². The van der Waals surface area contributed by atoms with Crippen LogP contribution in [-0.2, 0) is 0 Å². The van der Waals surface area contributed by atoms with Crippen LogP contribution in [0.1, 0.15) is 0 Å². The van der Waals surface area contributed by atoms with E-state index in [1.54, 1.807) is 0 Å². The Morgan fingerprint density at radius 3 is 1.78 bits per heavy atom. The predicted molar refractivity (Wildman–Crippen MR) is 229 cm³/mol. The summed E-state index contributed by atoms with van der Waals surface area (Å²) in [5.41, 5.74) is 13.4. The van der Waals surface area contributed by atoms with Gasteiger partial charge in [-0.1, -0.05) is 152 Å². The van der Waals surface area contributed by atoms with Crippen molar-refractivity contribution in [1.82, 2.24) is 0 Å². The molecular weight excluding hydrogens is 671 g/mol. The van der Waals surface area contributed by atoms with Gasteiger partial charge in [0, 0.05) is 44.0 Å². The number of para-hydroxylation sites is 3. The van der Waals surface area contributed by atoms with Gasteiger partial charge in [0.25, 0.3) is 0 Å². The first-order chi connectivity index (χ1) is 27.3. The normalized spacial score (nSPS) is 11.6. The summed E-state index contributed by atoms with van der Waals surface area (Å²) in [6, 6.07) is 71.1. The van der Waals surface area contributed by atoms with Gasteiger partial charge in [0.2, 0.25) is 0 Å². The van der Waals surface area contributed by atoms with Crippen molar-refractivity contribution >= 4 is 71.7 Å². The molecule has 55 heavy (non-hydrogen) atoms. The van der Waals surface area contributed by atoms with Gasteiger partial charge in [0.1, 0.15) is 22.3 Å². The van der Waals surface area contributed by atoms with Crippen LogP contribution in [0.25, 0.3) is 88.0 Å². The molecule has 0 amide bonds. The molecule has 0 atom stereocenters. The number of rotatable bonds is 6. The van der Waals surface area contributed by atoms with E-state index in [1.807, 2.05) is 24.3 Å². The second-order valence-electron chi connectivity index (χ2n) is 14.1. The lowest BCUT2D eigenvalue weighted by Crippen LogP contribution is -2.11. The molecule has 11 rings (SSSR count). The van der Waals surface area contributed by atoms with Crippen molar-refractivity contribution in [1.29, 1.82) is 0 Å². The van der Waals surface area contributed by atoms with Gasteiger partial charge in [-0.15, -0.1) is 0 Å². The minimum atomic E-state index is 0.864. The van der Waals surface area contributed by atoms with Crippen LogP contribution in [0.5, 0.6) is 0 Å². The number of fused-ring (bicyclic) bond motifs is 7. The van der Waals surface area contributed by atoms with Gasteiger partial charge in [0.05, 0.1) is 5.69 Å². The van der Waals surface area contributed by atoms with E-state index in [9.17, 15) is 0 Å². The van der Waals surface area contributed by atoms with Crippen molar-refractivity contribution in [2.24, 2.45) is 0 Å². The van der Waals surface area contributed by atoms with Crippen molar-refractivity contribution in [3.05, 3.63) is 200 Å². The minimum Gasteiger partial charge on any atom is -0.456 e. The SMILES string of the molecule is c1ccc(-c2ccc(-c3cccc4ccccc34)cc2N(c2cccc(-c3cccc4c3oc3ccccc34)c2)c2ccc3oc4ccccc4c3c2)cc1. The quantitative estimate of drug-likeness (QED) is 0.173. The monoisotopic (exact) mass is 703 g/mol. The molecule has 2 heterocycles. The van der Waals surface area contributed by atoms with Crippen LogP contribution in [0.3, 0.4) is 0 Å². The Labute approximate surface area is 317 Å². The van der Waals surface area contributed by atoms with Crippen LogP contribution in [0.15, 0.2) is 209 Å². The van der Waals surface area contributed by atoms with E-state index in [0.29, 0.717) is 0 Å². The first-order valence-electron chi connectivity index (χ1n) is 18.7. The average Bonchev–Trinajstić information content (AvgIpc) is 3.82. The van der Waals surface area contributed by atoms with E-state index >= 15 is 0 Å². The second kappa shape index (κ2) is 12.6. The van der Waals surface area contributed by atoms with Crippen molar-refractivity contribution in [2.45, 2.75) is 0 Å². The summed E-state index contributed by atoms with van der Waals surface area (Å²) >= 11 is 0. The van der Waals surface area contributed by atoms with Gasteiger partial charge >= 0.3 is 0 Å². The summed E-state index contributed by atoms with van der Waals surface area (Å²) in [5, 5.41) is 6.85. The van der Waals surface area contributed by atoms with Crippen molar-refractivity contribution in [2.75, 3.05) is 4.90 Å². The van der Waals surface area contributed by atoms with Gasteiger partial charge in [-0.05, 0) is 81.6 Å². The highest BCUT2D eigenvalue weighted by Crippen LogP contribution is 2.46. The smallest absolute Gasteiger partial charge is 0.143 e. The van der Waals surface area contributed by atoms with E-state index < -0.39 is 0 Å². The molecule has 0 radical (unpaired) electrons. The first kappa shape index (κ1) is 31.2. The maximum atomic E-state index is 6.54. The molecule has 0 bridgehead atoms. The molecule has 0 unspecified atom stereocenters. The predicted octanol–water partition coefficient (Wildman–Crippen LogP) is 15.1. The lowest BCUT2D eigenvalue weighted by Gasteiger charge is -2.29. The summed E-state index contributed by atoms with van der Waals surface area (Å²) in [4.78, 5) is 2.40. The Morgan fingerprint density at radius 2 is 0.909 bits per heavy atom. The summed E-state index contributed by atoms with van der Waals surface area (Å²) in [6.07, 6.45) is 0. The van der Waals surface area contributed by atoms with Crippen molar-refractivity contribution in [3.63, 3.8) is 0 Å². The Kier molecular flexibility index (Phi) is 7.17. The fraction of sp³-hybridized carbons (Fsp3) is 0. The standard InChI is InChI=1S/C52H33NO2/c1-2-13-35(14-3-1)42-29-27-37(41-22-11-16-34-15-4-5-19-40(34)41)32-48(42)53(39-28-30-51-47(33-39)45-21-7-8-25-49(45)54-51)38-18-10-17-36(31-38)43-23-12-24-46-44-20-6-9-26-50(44)55-52(43)46/h1-33H. The second-order valence-corrected chi connectivity index (χ2v) is 14.1. The molecule has 2 aromatic heterocycles. The largest absolute Gasteiger partial charge is 0.456 e. The Bertz CT molecular complexity index is 3220. The number of anilines is 3. The van der Waals surface area contributed by atoms with Crippen LogP contribution in [-0.4, -0.2) is 0 Å². The Morgan fingerprint density at radius 1 is 0.309 bits per heavy atom. The number of benzene rings is 9. The molecule has 0 aliphatic heterocycles. The maximum Gasteiger partial charge on any atom is 0.143 e. The maximum absolute atomic E-state index is 6.54. The highest BCUT2D eigenvalue weighted by Gasteiger charge is 2.22. The highest BCUT2D eigenvalue weighted by molar-refractivity contribution is 6.10. The molecular formula is C52H33NO2. The highest BCUT2D eigenvalue weighted by atomic mass is 16.3. The molecule has 0 spiro atoms. The lowest BCUT2D eigenvalue weighted by molar-refractivity contribution is 0.669. The van der Waals surface area contributed by atoms with Gasteiger partial charge in [-0.3, -0.25) is 0 Å². The van der Waals surface area contributed by atoms with Gasteiger partial charge in [-0.25, -0.2) is 0 Å². The van der Waals surface area contributed by atoms with E-state index in [2.05, 4.69) is 181 Å². The zero-order valence-electron chi connectivity index (χ0n) is 29.8. The number of furan rings is 2. The number of hydrogen-bond donors (Lipinski definition) is 0. The third kappa shape index (κ3) is 5.20. The topological polar surface area (TPSA) is 29.5 Å². The van der Waals surface area contributed by atoms with Crippen molar-refractivity contribution < 1.29 is 8.83 Å². The molecule has 258 valence electrons. The molecule has 3 nitrogen and oxygen atoms in total. The molecule has 9 aromatic carbocycles. The summed E-state index contributed by atoms with van der Waals surface area (Å²) in [6.45, 7) is 0. The molecule has 0 aliphatic rings. The van der Waals surface area contributed by atoms with E-state index in [4.69, 9.17) is 8.83 Å². The third-order valence-electron chi connectivity index (χ3n) is 10.9. The van der Waals surface area contributed by atoms with E-state index in [1.165, 1.54) is 16.3 Å². The number of hydrogen-bond acceptors (Lipinski definition) is 3. The first-order valence-corrected chi connectivity index (χ1v) is 18.7. The fourth-order valence-electron chi connectivity index (χ4n) is 8.29. The lowest BCUT2D eigenvalue weighted by atomic mass is 9.94. The van der Waals surface area contributed by atoms with E-state index in [0.717, 1.165) is 88.8 Å². The molecule has 0 aliphatic carbocycles. The summed E-state index contributed by atoms with van der Waals surface area (Å²) in [5.74, 6) is 0. The van der Waals surface area contributed by atoms with Crippen molar-refractivity contribution in [3.8, 4) is 33.4 Å². The minimum absolute atomic E-state index is 0.864. The molecule has 0 fully saturated rings. The zero-order valence-corrected chi connectivity index (χ0v) is 29.8. The van der Waals surface area contributed by atoms with Gasteiger partial charge < -0.3 is 13.7 Å². The molecule has 0 N–H and O–H groups in total. The summed E-state index contributed by atoms with van der Waals surface area (Å²) in [7, 11) is 0. The van der Waals surface area contributed by atoms with Crippen LogP contribution >= 0.6 is 0 Å².